The predicted molar refractivity (Wildman–Crippen MR) is 106 cm³/mol. The Hall–Kier alpha value is -2.42. The maximum atomic E-state index is 12.6. The molecule has 132 valence electrons. The number of carbonyl (C=O) groups is 1. The number of carbonyl (C=O) groups excluding carboxylic acids is 1. The van der Waals surface area contributed by atoms with Crippen LogP contribution in [0.2, 0.25) is 0 Å². The van der Waals surface area contributed by atoms with Crippen LogP contribution in [0, 0.1) is 0 Å². The first kappa shape index (κ1) is 15.8. The summed E-state index contributed by atoms with van der Waals surface area (Å²) in [5, 5.41) is 4.97. The zero-order valence-corrected chi connectivity index (χ0v) is 15.5. The molecule has 4 heterocycles. The van der Waals surface area contributed by atoms with Crippen LogP contribution in [0.4, 0.5) is 11.4 Å². The van der Waals surface area contributed by atoms with Gasteiger partial charge in [0.15, 0.2) is 4.96 Å². The van der Waals surface area contributed by atoms with Crippen LogP contribution in [0.3, 0.4) is 0 Å². The Labute approximate surface area is 157 Å². The third kappa shape index (κ3) is 2.76. The monoisotopic (exact) mass is 384 g/mol. The molecule has 1 N–H and O–H groups in total. The predicted octanol–water partition coefficient (Wildman–Crippen LogP) is 3.70. The van der Waals surface area contributed by atoms with Crippen LogP contribution in [0.15, 0.2) is 41.9 Å². The first-order valence-electron chi connectivity index (χ1n) is 8.37. The summed E-state index contributed by atoms with van der Waals surface area (Å²) in [6.45, 7) is 3.32. The molecular formula is C18H16N4O2S2. The smallest absolute Gasteiger partial charge is 0.265 e. The molecule has 0 aliphatic carbocycles. The lowest BCUT2D eigenvalue weighted by Gasteiger charge is -2.28. The molecule has 1 fully saturated rings. The van der Waals surface area contributed by atoms with Gasteiger partial charge >= 0.3 is 0 Å². The Balaban J connectivity index is 1.33. The van der Waals surface area contributed by atoms with E-state index in [4.69, 9.17) is 4.74 Å². The van der Waals surface area contributed by atoms with Crippen molar-refractivity contribution >= 4 is 55.3 Å². The van der Waals surface area contributed by atoms with Gasteiger partial charge in [0.05, 0.1) is 23.6 Å². The number of thiophene rings is 1. The minimum Gasteiger partial charge on any atom is -0.378 e. The number of anilines is 2. The van der Waals surface area contributed by atoms with E-state index in [1.807, 2.05) is 46.3 Å². The molecule has 26 heavy (non-hydrogen) atoms. The number of imidazole rings is 1. The first-order valence-corrected chi connectivity index (χ1v) is 10.1. The van der Waals surface area contributed by atoms with E-state index in [-0.39, 0.29) is 5.91 Å². The summed E-state index contributed by atoms with van der Waals surface area (Å²) < 4.78 is 7.40. The molecule has 5 rings (SSSR count). The summed E-state index contributed by atoms with van der Waals surface area (Å²) in [7, 11) is 0. The lowest BCUT2D eigenvalue weighted by molar-refractivity contribution is 0.103. The highest BCUT2D eigenvalue weighted by molar-refractivity contribution is 7.21. The molecule has 6 nitrogen and oxygen atoms in total. The second kappa shape index (κ2) is 6.39. The quantitative estimate of drug-likeness (QED) is 0.585. The van der Waals surface area contributed by atoms with Crippen LogP contribution in [-0.4, -0.2) is 41.6 Å². The van der Waals surface area contributed by atoms with Gasteiger partial charge in [-0.15, -0.1) is 22.7 Å². The second-order valence-electron chi connectivity index (χ2n) is 6.07. The van der Waals surface area contributed by atoms with E-state index in [9.17, 15) is 4.79 Å². The minimum absolute atomic E-state index is 0.101. The summed E-state index contributed by atoms with van der Waals surface area (Å²) in [5.74, 6) is -0.101. The SMILES string of the molecule is O=C(Nc1ccc(N2CCOCC2)cc1)c1cc2c(nc3sccn32)s1. The normalized spacial score (nSPS) is 15.0. The maximum Gasteiger partial charge on any atom is 0.265 e. The number of thiazole rings is 1. The highest BCUT2D eigenvalue weighted by atomic mass is 32.1. The van der Waals surface area contributed by atoms with Crippen molar-refractivity contribution in [2.45, 2.75) is 0 Å². The number of amides is 1. The van der Waals surface area contributed by atoms with Crippen molar-refractivity contribution in [1.82, 2.24) is 9.38 Å². The standard InChI is InChI=1S/C18H16N4O2S2/c23-16(15-11-14-17(26-15)20-18-22(14)7-10-25-18)19-12-1-3-13(4-2-12)21-5-8-24-9-6-21/h1-4,7,10-11H,5-6,8-9H2,(H,19,23). The lowest BCUT2D eigenvalue weighted by atomic mass is 10.2. The van der Waals surface area contributed by atoms with Crippen LogP contribution in [0.1, 0.15) is 9.67 Å². The Morgan fingerprint density at radius 3 is 2.81 bits per heavy atom. The second-order valence-corrected chi connectivity index (χ2v) is 7.97. The van der Waals surface area contributed by atoms with E-state index in [1.54, 1.807) is 11.3 Å². The van der Waals surface area contributed by atoms with Gasteiger partial charge in [-0.1, -0.05) is 0 Å². The molecule has 0 bridgehead atoms. The summed E-state index contributed by atoms with van der Waals surface area (Å²) in [6, 6.07) is 9.88. The third-order valence-electron chi connectivity index (χ3n) is 4.46. The highest BCUT2D eigenvalue weighted by Crippen LogP contribution is 2.29. The molecule has 0 unspecified atom stereocenters. The molecule has 0 radical (unpaired) electrons. The molecule has 0 atom stereocenters. The lowest BCUT2D eigenvalue weighted by Crippen LogP contribution is -2.36. The Morgan fingerprint density at radius 2 is 2.00 bits per heavy atom. The Kier molecular flexibility index (Phi) is 3.88. The van der Waals surface area contributed by atoms with Gasteiger partial charge in [-0.2, -0.15) is 0 Å². The zero-order valence-electron chi connectivity index (χ0n) is 13.8. The van der Waals surface area contributed by atoms with Crippen molar-refractivity contribution in [3.8, 4) is 0 Å². The van der Waals surface area contributed by atoms with Gasteiger partial charge in [0.25, 0.3) is 5.91 Å². The molecule has 3 aromatic heterocycles. The van der Waals surface area contributed by atoms with Crippen molar-refractivity contribution in [1.29, 1.82) is 0 Å². The Bertz CT molecular complexity index is 1070. The van der Waals surface area contributed by atoms with E-state index in [1.165, 1.54) is 11.3 Å². The van der Waals surface area contributed by atoms with Gasteiger partial charge in [-0.05, 0) is 30.3 Å². The largest absolute Gasteiger partial charge is 0.378 e. The summed E-state index contributed by atoms with van der Waals surface area (Å²) in [6.07, 6.45) is 1.98. The molecule has 1 saturated heterocycles. The van der Waals surface area contributed by atoms with Gasteiger partial charge in [-0.3, -0.25) is 9.20 Å². The van der Waals surface area contributed by atoms with Gasteiger partial charge in [0.1, 0.15) is 4.83 Å². The van der Waals surface area contributed by atoms with Crippen molar-refractivity contribution < 1.29 is 9.53 Å². The number of hydrogen-bond donors (Lipinski definition) is 1. The highest BCUT2D eigenvalue weighted by Gasteiger charge is 2.16. The molecule has 1 aliphatic rings. The summed E-state index contributed by atoms with van der Waals surface area (Å²) >= 11 is 3.02. The van der Waals surface area contributed by atoms with Gasteiger partial charge < -0.3 is 15.0 Å². The number of morpholine rings is 1. The molecular weight excluding hydrogens is 368 g/mol. The van der Waals surface area contributed by atoms with Crippen molar-refractivity contribution in [2.24, 2.45) is 0 Å². The van der Waals surface area contributed by atoms with Crippen LogP contribution in [0.5, 0.6) is 0 Å². The first-order chi connectivity index (χ1) is 12.8. The number of nitrogens with zero attached hydrogens (tertiary/aromatic N) is 3. The van der Waals surface area contributed by atoms with E-state index < -0.39 is 0 Å². The number of benzene rings is 1. The zero-order chi connectivity index (χ0) is 17.5. The van der Waals surface area contributed by atoms with Crippen molar-refractivity contribution in [3.63, 3.8) is 0 Å². The van der Waals surface area contributed by atoms with Crippen LogP contribution < -0.4 is 10.2 Å². The number of hydrogen-bond acceptors (Lipinski definition) is 6. The summed E-state index contributed by atoms with van der Waals surface area (Å²) in [4.78, 5) is 21.9. The molecule has 4 aromatic rings. The van der Waals surface area contributed by atoms with Crippen LogP contribution >= 0.6 is 22.7 Å². The number of rotatable bonds is 3. The van der Waals surface area contributed by atoms with Crippen molar-refractivity contribution in [3.05, 3.63) is 46.8 Å². The third-order valence-corrected chi connectivity index (χ3v) is 6.24. The fourth-order valence-electron chi connectivity index (χ4n) is 3.13. The Morgan fingerprint density at radius 1 is 1.19 bits per heavy atom. The fourth-order valence-corrected chi connectivity index (χ4v) is 4.82. The van der Waals surface area contributed by atoms with E-state index in [0.29, 0.717) is 4.88 Å². The number of ether oxygens (including phenoxy) is 1. The molecule has 0 saturated carbocycles. The average molecular weight is 384 g/mol. The molecule has 1 amide bonds. The molecule has 1 aromatic carbocycles. The van der Waals surface area contributed by atoms with E-state index >= 15 is 0 Å². The van der Waals surface area contributed by atoms with Crippen LogP contribution in [-0.2, 0) is 4.74 Å². The van der Waals surface area contributed by atoms with E-state index in [2.05, 4.69) is 15.2 Å². The minimum atomic E-state index is -0.101. The van der Waals surface area contributed by atoms with Gasteiger partial charge in [0, 0.05) is 36.0 Å². The molecule has 1 aliphatic heterocycles. The number of nitrogens with one attached hydrogen (secondary N) is 1. The van der Waals surface area contributed by atoms with E-state index in [0.717, 1.165) is 53.0 Å². The van der Waals surface area contributed by atoms with Gasteiger partial charge in [-0.25, -0.2) is 4.98 Å². The van der Waals surface area contributed by atoms with Crippen molar-refractivity contribution in [2.75, 3.05) is 36.5 Å². The molecule has 8 heteroatoms. The molecule has 0 spiro atoms. The maximum absolute atomic E-state index is 12.6. The average Bonchev–Trinajstić information content (AvgIpc) is 3.35. The number of aromatic nitrogens is 2. The van der Waals surface area contributed by atoms with Crippen LogP contribution in [0.25, 0.3) is 15.3 Å². The topological polar surface area (TPSA) is 58.9 Å². The summed E-state index contributed by atoms with van der Waals surface area (Å²) in [5.41, 5.74) is 2.93. The number of fused-ring (bicyclic) bond motifs is 3. The fraction of sp³-hybridized carbons (Fsp3) is 0.222. The van der Waals surface area contributed by atoms with Gasteiger partial charge in [0.2, 0.25) is 0 Å².